The number of para-hydroxylation sites is 2. The third kappa shape index (κ3) is 7.19. The van der Waals surface area contributed by atoms with Crippen LogP contribution in [-0.4, -0.2) is 29.6 Å². The van der Waals surface area contributed by atoms with E-state index in [0.717, 1.165) is 41.2 Å². The molecule has 1 fully saturated rings. The maximum atomic E-state index is 4.45. The smallest absolute Gasteiger partial charge is 0.179 e. The maximum absolute atomic E-state index is 4.45. The van der Waals surface area contributed by atoms with Crippen LogP contribution < -0.4 is 25.6 Å². The van der Waals surface area contributed by atoms with Crippen molar-refractivity contribution in [1.82, 2.24) is 9.47 Å². The van der Waals surface area contributed by atoms with Gasteiger partial charge in [-0.3, -0.25) is 0 Å². The van der Waals surface area contributed by atoms with Gasteiger partial charge < -0.3 is 14.4 Å². The molecular weight excluding hydrogens is 863 g/mol. The molecule has 0 N–H and O–H groups in total. The van der Waals surface area contributed by atoms with E-state index in [1.807, 2.05) is 12.2 Å². The number of hydrogen-bond donors (Lipinski definition) is 0. The molecule has 2 unspecified atom stereocenters. The Labute approximate surface area is 412 Å². The molecule has 12 rings (SSSR count). The number of hydrogen-bond acceptors (Lipinski definition) is 2. The first-order chi connectivity index (χ1) is 34.6. The molecule has 0 spiro atoms. The highest BCUT2D eigenvalue weighted by Gasteiger charge is 2.46. The Bertz CT molecular complexity index is 3410. The van der Waals surface area contributed by atoms with Crippen molar-refractivity contribution >= 4 is 62.4 Å². The molecule has 1 aromatic heterocycles. The SMILES string of the molecule is C=C/C=C1/C2=CC(N(/C(C=C)=C/C=C/c3ccc(-n4c5ccccc5c5ccccc54)cc3)c3ccc([Si](c4ccccc4)(c4ccccc4)c4ccccc4)cc3)=CCC2N2C1=CC1=CC=CCC12. The van der Waals surface area contributed by atoms with Crippen LogP contribution in [0.3, 0.4) is 0 Å². The van der Waals surface area contributed by atoms with E-state index in [1.165, 1.54) is 65.0 Å². The van der Waals surface area contributed by atoms with Crippen molar-refractivity contribution in [2.75, 3.05) is 4.90 Å². The number of rotatable bonds is 12. The molecule has 0 amide bonds. The zero-order valence-electron chi connectivity index (χ0n) is 39.2. The van der Waals surface area contributed by atoms with Gasteiger partial charge in [0.2, 0.25) is 0 Å². The Kier molecular flexibility index (Phi) is 11.2. The van der Waals surface area contributed by atoms with Crippen LogP contribution in [0.4, 0.5) is 5.69 Å². The van der Waals surface area contributed by atoms with Crippen molar-refractivity contribution in [3.63, 3.8) is 0 Å². The van der Waals surface area contributed by atoms with Crippen molar-refractivity contribution < 1.29 is 0 Å². The Balaban J connectivity index is 0.951. The van der Waals surface area contributed by atoms with Crippen LogP contribution in [0, 0.1) is 0 Å². The van der Waals surface area contributed by atoms with Crippen molar-refractivity contribution in [1.29, 1.82) is 0 Å². The summed E-state index contributed by atoms with van der Waals surface area (Å²) in [5.41, 5.74) is 13.2. The van der Waals surface area contributed by atoms with Gasteiger partial charge in [-0.15, -0.1) is 0 Å². The van der Waals surface area contributed by atoms with Gasteiger partial charge in [0, 0.05) is 44.8 Å². The molecule has 0 bridgehead atoms. The summed E-state index contributed by atoms with van der Waals surface area (Å²) in [6, 6.07) is 69.7. The summed E-state index contributed by atoms with van der Waals surface area (Å²) >= 11 is 0. The molecule has 2 aliphatic heterocycles. The van der Waals surface area contributed by atoms with E-state index in [-0.39, 0.29) is 6.04 Å². The average Bonchev–Trinajstić information content (AvgIpc) is 4.07. The number of anilines is 1. The lowest BCUT2D eigenvalue weighted by molar-refractivity contribution is 0.275. The standard InChI is InChI=1S/C66H53N3Si/c1-3-21-58-61-47-53(42-45-65(61)69-62-33-17-14-23-49(62)46-66(58)69)67(50(4-2)24-20-22-48-36-38-52(39-37-48)68-63-34-18-15-31-59(63)60-32-16-19-35-64(60)68)51-40-43-57(44-41-51)70(54-25-8-5-9-26-54,55-27-10-6-11-28-55)56-29-12-7-13-30-56/h3-32,34-44,46-47,62,65H,1-2,33,45H2/b22-20+,50-24+,58-21-. The highest BCUT2D eigenvalue weighted by atomic mass is 28.3. The topological polar surface area (TPSA) is 11.4 Å². The Morgan fingerprint density at radius 2 is 1.19 bits per heavy atom. The Morgan fingerprint density at radius 3 is 1.79 bits per heavy atom. The molecule has 336 valence electrons. The monoisotopic (exact) mass is 915 g/mol. The van der Waals surface area contributed by atoms with E-state index in [4.69, 9.17) is 0 Å². The first kappa shape index (κ1) is 42.9. The molecule has 2 atom stereocenters. The van der Waals surface area contributed by atoms with Gasteiger partial charge in [-0.05, 0) is 111 Å². The van der Waals surface area contributed by atoms with E-state index in [0.29, 0.717) is 6.04 Å². The largest absolute Gasteiger partial charge is 0.356 e. The van der Waals surface area contributed by atoms with Gasteiger partial charge in [0.1, 0.15) is 0 Å². The lowest BCUT2D eigenvalue weighted by Gasteiger charge is -2.36. The van der Waals surface area contributed by atoms with E-state index in [9.17, 15) is 0 Å². The number of nitrogens with zero attached hydrogens (tertiary/aromatic N) is 3. The van der Waals surface area contributed by atoms with Gasteiger partial charge in [0.15, 0.2) is 8.07 Å². The fraction of sp³-hybridized carbons (Fsp3) is 0.0606. The van der Waals surface area contributed by atoms with E-state index >= 15 is 0 Å². The summed E-state index contributed by atoms with van der Waals surface area (Å²) in [5, 5.41) is 7.91. The number of allylic oxidation sites excluding steroid dienone is 9. The van der Waals surface area contributed by atoms with E-state index in [1.54, 1.807) is 0 Å². The van der Waals surface area contributed by atoms with Gasteiger partial charge in [0.25, 0.3) is 0 Å². The number of fused-ring (bicyclic) bond motifs is 8. The predicted octanol–water partition coefficient (Wildman–Crippen LogP) is 12.9. The van der Waals surface area contributed by atoms with E-state index < -0.39 is 8.07 Å². The van der Waals surface area contributed by atoms with Gasteiger partial charge in [-0.1, -0.05) is 213 Å². The second-order valence-electron chi connectivity index (χ2n) is 18.4. The zero-order chi connectivity index (χ0) is 47.0. The van der Waals surface area contributed by atoms with Crippen LogP contribution >= 0.6 is 0 Å². The fourth-order valence-electron chi connectivity index (χ4n) is 11.7. The third-order valence-electron chi connectivity index (χ3n) is 14.7. The Hall–Kier alpha value is -8.44. The van der Waals surface area contributed by atoms with Gasteiger partial charge in [-0.2, -0.15) is 0 Å². The summed E-state index contributed by atoms with van der Waals surface area (Å²) < 4.78 is 2.36. The highest BCUT2D eigenvalue weighted by Crippen LogP contribution is 2.50. The molecule has 0 radical (unpaired) electrons. The number of aromatic nitrogens is 1. The Morgan fingerprint density at radius 1 is 0.600 bits per heavy atom. The molecule has 0 saturated carbocycles. The molecule has 8 aromatic rings. The van der Waals surface area contributed by atoms with Crippen LogP contribution in [-0.2, 0) is 0 Å². The molecule has 70 heavy (non-hydrogen) atoms. The van der Waals surface area contributed by atoms with Crippen LogP contribution in [0.5, 0.6) is 0 Å². The predicted molar refractivity (Wildman–Crippen MR) is 299 cm³/mol. The van der Waals surface area contributed by atoms with Crippen molar-refractivity contribution in [3.05, 3.63) is 307 Å². The summed E-state index contributed by atoms with van der Waals surface area (Å²) in [4.78, 5) is 5.05. The molecule has 3 heterocycles. The molecule has 3 nitrogen and oxygen atoms in total. The zero-order valence-corrected chi connectivity index (χ0v) is 40.2. The lowest BCUT2D eigenvalue weighted by atomic mass is 9.90. The summed E-state index contributed by atoms with van der Waals surface area (Å²) in [5.74, 6) is 0. The van der Waals surface area contributed by atoms with Crippen LogP contribution in [0.15, 0.2) is 302 Å². The molecule has 7 aromatic carbocycles. The summed E-state index contributed by atoms with van der Waals surface area (Å²) in [6.07, 6.45) is 28.6. The highest BCUT2D eigenvalue weighted by molar-refractivity contribution is 7.19. The first-order valence-electron chi connectivity index (χ1n) is 24.4. The van der Waals surface area contributed by atoms with Crippen LogP contribution in [0.1, 0.15) is 18.4 Å². The lowest BCUT2D eigenvalue weighted by Crippen LogP contribution is -2.74. The first-order valence-corrected chi connectivity index (χ1v) is 26.4. The second kappa shape index (κ2) is 18.2. The second-order valence-corrected chi connectivity index (χ2v) is 22.2. The molecule has 4 heteroatoms. The number of benzene rings is 7. The average molecular weight is 916 g/mol. The van der Waals surface area contributed by atoms with Crippen LogP contribution in [0.25, 0.3) is 33.6 Å². The normalized spacial score (nSPS) is 18.0. The van der Waals surface area contributed by atoms with Gasteiger partial charge in [0.05, 0.1) is 23.1 Å². The minimum atomic E-state index is -2.73. The minimum Gasteiger partial charge on any atom is -0.356 e. The van der Waals surface area contributed by atoms with Gasteiger partial charge in [-0.25, -0.2) is 0 Å². The van der Waals surface area contributed by atoms with Crippen LogP contribution in [0.2, 0.25) is 0 Å². The fourth-order valence-corrected chi connectivity index (χ4v) is 16.4. The molecule has 4 aliphatic rings. The van der Waals surface area contributed by atoms with Crippen molar-refractivity contribution in [2.45, 2.75) is 24.9 Å². The quantitative estimate of drug-likeness (QED) is 0.0687. The third-order valence-corrected chi connectivity index (χ3v) is 19.5. The molecule has 1 saturated heterocycles. The summed E-state index contributed by atoms with van der Waals surface area (Å²) in [6.45, 7) is 8.63. The maximum Gasteiger partial charge on any atom is 0.179 e. The van der Waals surface area contributed by atoms with Gasteiger partial charge >= 0.3 is 0 Å². The van der Waals surface area contributed by atoms with Crippen molar-refractivity contribution in [2.24, 2.45) is 0 Å². The van der Waals surface area contributed by atoms with Crippen molar-refractivity contribution in [3.8, 4) is 5.69 Å². The molecule has 2 aliphatic carbocycles. The van der Waals surface area contributed by atoms with E-state index in [2.05, 4.69) is 276 Å². The minimum absolute atomic E-state index is 0.253. The summed E-state index contributed by atoms with van der Waals surface area (Å²) in [7, 11) is -2.73. The molecular formula is C66H53N3Si.